The Hall–Kier alpha value is -3.06. The lowest BCUT2D eigenvalue weighted by molar-refractivity contribution is -0.144. The third kappa shape index (κ3) is 7.46. The van der Waals surface area contributed by atoms with Crippen LogP contribution in [0.25, 0.3) is 5.69 Å². The van der Waals surface area contributed by atoms with Crippen LogP contribution in [-0.2, 0) is 32.3 Å². The monoisotopic (exact) mass is 538 g/mol. The number of hydrogen-bond donors (Lipinski definition) is 0. The summed E-state index contributed by atoms with van der Waals surface area (Å²) < 4.78 is 63.9. The fourth-order valence-corrected chi connectivity index (χ4v) is 3.78. The van der Waals surface area contributed by atoms with Crippen molar-refractivity contribution in [3.63, 3.8) is 0 Å². The Morgan fingerprint density at radius 3 is 2.37 bits per heavy atom. The maximum absolute atomic E-state index is 14.5. The number of hydrogen-bond acceptors (Lipinski definition) is 7. The van der Waals surface area contributed by atoms with Crippen molar-refractivity contribution in [3.8, 4) is 5.69 Å². The van der Waals surface area contributed by atoms with Crippen LogP contribution in [0.2, 0.25) is 5.02 Å². The van der Waals surface area contributed by atoms with E-state index in [9.17, 15) is 36.7 Å². The van der Waals surface area contributed by atoms with Gasteiger partial charge in [-0.05, 0) is 25.0 Å². The summed E-state index contributed by atoms with van der Waals surface area (Å²) in [7, 11) is 0.796. The van der Waals surface area contributed by atoms with Crippen LogP contribution in [0.1, 0.15) is 18.5 Å². The average Bonchev–Trinajstić information content (AvgIpc) is 2.78. The molecule has 0 bridgehead atoms. The minimum atomic E-state index is -4.97. The maximum Gasteiger partial charge on any atom is 0.431 e. The van der Waals surface area contributed by atoms with E-state index in [0.717, 1.165) is 37.0 Å². The van der Waals surface area contributed by atoms with Crippen LogP contribution in [0.4, 0.5) is 17.6 Å². The number of benzene rings is 1. The van der Waals surface area contributed by atoms with Crippen LogP contribution >= 0.6 is 23.4 Å². The average molecular weight is 539 g/mol. The number of alkyl halides is 3. The molecule has 14 heteroatoms. The normalized spacial score (nSPS) is 11.3. The van der Waals surface area contributed by atoms with E-state index in [-0.39, 0.29) is 44.1 Å². The number of nitrogens with zero attached hydrogens (tertiary/aromatic N) is 2. The minimum absolute atomic E-state index is 0.0461. The Labute approximate surface area is 205 Å². The number of carbonyl (C=O) groups excluding carboxylic acids is 2. The van der Waals surface area contributed by atoms with Crippen molar-refractivity contribution in [3.05, 3.63) is 68.2 Å². The molecule has 35 heavy (non-hydrogen) atoms. The Morgan fingerprint density at radius 2 is 1.77 bits per heavy atom. The van der Waals surface area contributed by atoms with Crippen molar-refractivity contribution in [2.75, 3.05) is 19.0 Å². The summed E-state index contributed by atoms with van der Waals surface area (Å²) in [5.74, 6) is -2.61. The number of thioether (sulfide) groups is 1. The molecule has 2 aromatic rings. The van der Waals surface area contributed by atoms with E-state index in [1.54, 1.807) is 0 Å². The number of carbonyl (C=O) groups is 2. The quantitative estimate of drug-likeness (QED) is 0.150. The molecule has 1 aromatic heterocycles. The maximum atomic E-state index is 14.5. The molecule has 0 unspecified atom stereocenters. The van der Waals surface area contributed by atoms with Crippen LogP contribution in [0.5, 0.6) is 0 Å². The molecule has 0 amide bonds. The second-order valence-corrected chi connectivity index (χ2v) is 8.29. The summed E-state index contributed by atoms with van der Waals surface area (Å²) in [6, 6.07) is 1.94. The molecule has 1 heterocycles. The molecule has 1 aromatic carbocycles. The van der Waals surface area contributed by atoms with E-state index >= 15 is 0 Å². The lowest BCUT2D eigenvalue weighted by Gasteiger charge is -2.15. The smallest absolute Gasteiger partial charge is 0.431 e. The predicted molar refractivity (Wildman–Crippen MR) is 119 cm³/mol. The summed E-state index contributed by atoms with van der Waals surface area (Å²) in [6.07, 6.45) is -3.08. The Kier molecular flexibility index (Phi) is 9.72. The molecule has 0 radical (unpaired) electrons. The first-order chi connectivity index (χ1) is 16.4. The molecule has 2 rings (SSSR count). The summed E-state index contributed by atoms with van der Waals surface area (Å²) in [6.45, 7) is 3.43. The van der Waals surface area contributed by atoms with Crippen LogP contribution in [0.3, 0.4) is 0 Å². The topological polar surface area (TPSA) is 96.6 Å². The number of aromatic nitrogens is 2. The molecule has 0 fully saturated rings. The third-order valence-electron chi connectivity index (χ3n) is 4.41. The van der Waals surface area contributed by atoms with E-state index in [1.165, 1.54) is 0 Å². The fraction of sp³-hybridized carbons (Fsp3) is 0.333. The van der Waals surface area contributed by atoms with Crippen molar-refractivity contribution in [2.45, 2.75) is 23.9 Å². The van der Waals surface area contributed by atoms with Gasteiger partial charge in [0.05, 0.1) is 29.7 Å². The van der Waals surface area contributed by atoms with Crippen molar-refractivity contribution in [1.82, 2.24) is 9.13 Å². The molecular weight excluding hydrogens is 520 g/mol. The van der Waals surface area contributed by atoms with Crippen molar-refractivity contribution < 1.29 is 36.6 Å². The number of ether oxygens (including phenoxy) is 2. The van der Waals surface area contributed by atoms with Crippen LogP contribution in [-0.4, -0.2) is 40.0 Å². The molecule has 0 saturated heterocycles. The third-order valence-corrected chi connectivity index (χ3v) is 5.86. The van der Waals surface area contributed by atoms with Gasteiger partial charge < -0.3 is 9.47 Å². The Morgan fingerprint density at radius 1 is 1.14 bits per heavy atom. The summed E-state index contributed by atoms with van der Waals surface area (Å²) >= 11 is 6.80. The highest BCUT2D eigenvalue weighted by Gasteiger charge is 2.35. The Bertz CT molecular complexity index is 1240. The van der Waals surface area contributed by atoms with Gasteiger partial charge in [-0.3, -0.25) is 14.2 Å². The highest BCUT2D eigenvalue weighted by atomic mass is 35.5. The fourth-order valence-electron chi connectivity index (χ4n) is 2.72. The van der Waals surface area contributed by atoms with Crippen molar-refractivity contribution >= 4 is 35.3 Å². The molecule has 0 N–H and O–H groups in total. The van der Waals surface area contributed by atoms with Crippen LogP contribution in [0.15, 0.2) is 45.3 Å². The first-order valence-electron chi connectivity index (χ1n) is 9.84. The lowest BCUT2D eigenvalue weighted by atomic mass is 10.3. The van der Waals surface area contributed by atoms with Crippen molar-refractivity contribution in [1.29, 1.82) is 0 Å². The highest BCUT2D eigenvalue weighted by molar-refractivity contribution is 8.00. The SMILES string of the molecule is C=CC(=O)OCCCCOC(=O)CSc1cc(-n2c(=O)cc(C(F)(F)F)n(C)c2=O)c(F)cc1Cl. The summed E-state index contributed by atoms with van der Waals surface area (Å²) in [5, 5.41) is -0.148. The van der Waals surface area contributed by atoms with Gasteiger partial charge in [0.1, 0.15) is 11.5 Å². The molecule has 0 saturated carbocycles. The second-order valence-electron chi connectivity index (χ2n) is 6.86. The second kappa shape index (κ2) is 12.1. The molecule has 0 aliphatic heterocycles. The van der Waals surface area contributed by atoms with Gasteiger partial charge >= 0.3 is 23.8 Å². The zero-order chi connectivity index (χ0) is 26.3. The number of rotatable bonds is 10. The lowest BCUT2D eigenvalue weighted by Crippen LogP contribution is -2.41. The van der Waals surface area contributed by atoms with Gasteiger partial charge in [0.2, 0.25) is 0 Å². The van der Waals surface area contributed by atoms with E-state index in [4.69, 9.17) is 21.1 Å². The molecule has 8 nitrogen and oxygen atoms in total. The standard InChI is InChI=1S/C21H19ClF4N2O6S/c1-3-18(30)33-6-4-5-7-34-19(31)11-35-15-9-14(13(23)8-12(15)22)28-17(29)10-16(21(24,25)26)27(2)20(28)32/h3,8-10H,1,4-7,11H2,2H3. The number of halogens is 5. The van der Waals surface area contributed by atoms with E-state index in [0.29, 0.717) is 12.8 Å². The molecule has 0 spiro atoms. The molecule has 0 aliphatic rings. The van der Waals surface area contributed by atoms with Gasteiger partial charge in [-0.15, -0.1) is 11.8 Å². The van der Waals surface area contributed by atoms with E-state index in [1.807, 2.05) is 0 Å². The number of unbranched alkanes of at least 4 members (excludes halogenated alkanes) is 1. The first-order valence-corrected chi connectivity index (χ1v) is 11.2. The van der Waals surface area contributed by atoms with E-state index in [2.05, 4.69) is 6.58 Å². The van der Waals surface area contributed by atoms with Gasteiger partial charge in [-0.25, -0.2) is 18.5 Å². The minimum Gasteiger partial charge on any atom is -0.465 e. The summed E-state index contributed by atoms with van der Waals surface area (Å²) in [5.41, 5.74) is -4.93. The van der Waals surface area contributed by atoms with Crippen molar-refractivity contribution in [2.24, 2.45) is 7.05 Å². The predicted octanol–water partition coefficient (Wildman–Crippen LogP) is 3.49. The zero-order valence-corrected chi connectivity index (χ0v) is 19.8. The summed E-state index contributed by atoms with van der Waals surface area (Å²) in [4.78, 5) is 47.6. The molecule has 190 valence electrons. The highest BCUT2D eigenvalue weighted by Crippen LogP contribution is 2.31. The Balaban J connectivity index is 2.12. The molecule has 0 aliphatic carbocycles. The van der Waals surface area contributed by atoms with Gasteiger partial charge in [0, 0.05) is 24.1 Å². The van der Waals surface area contributed by atoms with Crippen LogP contribution < -0.4 is 11.2 Å². The molecular formula is C21H19ClF4N2O6S. The van der Waals surface area contributed by atoms with E-state index < -0.39 is 46.6 Å². The number of esters is 2. The first kappa shape index (κ1) is 28.2. The molecule has 0 atom stereocenters. The zero-order valence-electron chi connectivity index (χ0n) is 18.2. The van der Waals surface area contributed by atoms with Gasteiger partial charge in [-0.1, -0.05) is 18.2 Å². The van der Waals surface area contributed by atoms with Gasteiger partial charge in [0.25, 0.3) is 5.56 Å². The van der Waals surface area contributed by atoms with Gasteiger partial charge in [-0.2, -0.15) is 13.2 Å². The van der Waals surface area contributed by atoms with Crippen LogP contribution in [0, 0.1) is 5.82 Å². The largest absolute Gasteiger partial charge is 0.465 e. The van der Waals surface area contributed by atoms with Gasteiger partial charge in [0.15, 0.2) is 0 Å².